The van der Waals surface area contributed by atoms with Gasteiger partial charge in [-0.15, -0.1) is 0 Å². The highest BCUT2D eigenvalue weighted by Crippen LogP contribution is 2.32. The number of hydrogen-bond acceptors (Lipinski definition) is 6. The molecule has 4 N–H and O–H groups in total. The number of nitrogens with two attached hydrogens (primary N) is 1. The Kier molecular flexibility index (Phi) is 8.27. The van der Waals surface area contributed by atoms with E-state index in [1.54, 1.807) is 18.2 Å². The number of nitrogens with zero attached hydrogens (tertiary/aromatic N) is 3. The molecule has 9 nitrogen and oxygen atoms in total. The number of carbonyl (C=O) groups excluding carboxylic acids is 1. The molecule has 0 unspecified atom stereocenters. The van der Waals surface area contributed by atoms with Gasteiger partial charge in [0.2, 0.25) is 5.82 Å². The largest absolute Gasteiger partial charge is 0.378 e. The van der Waals surface area contributed by atoms with Gasteiger partial charge in [-0.25, -0.2) is 4.98 Å². The molecule has 1 amide bonds. The number of pyridine rings is 1. The van der Waals surface area contributed by atoms with Gasteiger partial charge in [0, 0.05) is 53.1 Å². The lowest BCUT2D eigenvalue weighted by molar-refractivity contribution is -0.384. The summed E-state index contributed by atoms with van der Waals surface area (Å²) in [6, 6.07) is 19.5. The molecule has 2 aromatic heterocycles. The lowest BCUT2D eigenvalue weighted by Gasteiger charge is -2.11. The number of anilines is 2. The fourth-order valence-electron chi connectivity index (χ4n) is 3.81. The van der Waals surface area contributed by atoms with Gasteiger partial charge in [0.1, 0.15) is 11.5 Å². The summed E-state index contributed by atoms with van der Waals surface area (Å²) >= 11 is 12.5. The third-order valence-corrected chi connectivity index (χ3v) is 6.20. The maximum atomic E-state index is 13.1. The van der Waals surface area contributed by atoms with Crippen molar-refractivity contribution in [2.75, 3.05) is 17.6 Å². The van der Waals surface area contributed by atoms with Crippen LogP contribution in [0.3, 0.4) is 0 Å². The highest BCUT2D eigenvalue weighted by Gasteiger charge is 2.17. The van der Waals surface area contributed by atoms with Crippen molar-refractivity contribution in [1.29, 1.82) is 0 Å². The van der Waals surface area contributed by atoms with Gasteiger partial charge in [-0.3, -0.25) is 14.9 Å². The van der Waals surface area contributed by atoms with Crippen LogP contribution < -0.4 is 16.4 Å². The fourth-order valence-corrected chi connectivity index (χ4v) is 4.33. The highest BCUT2D eigenvalue weighted by atomic mass is 35.5. The van der Waals surface area contributed by atoms with Gasteiger partial charge in [-0.05, 0) is 36.2 Å². The molecule has 2 aromatic carbocycles. The van der Waals surface area contributed by atoms with E-state index >= 15 is 0 Å². The Hall–Kier alpha value is -4.08. The van der Waals surface area contributed by atoms with E-state index in [0.29, 0.717) is 47.6 Å². The Labute approximate surface area is 223 Å². The number of nitrogens with one attached hydrogen (secondary N) is 2. The Morgan fingerprint density at radius 3 is 2.57 bits per heavy atom. The van der Waals surface area contributed by atoms with E-state index < -0.39 is 4.92 Å². The van der Waals surface area contributed by atoms with Gasteiger partial charge < -0.3 is 20.9 Å². The molecular formula is C26H24Cl2N6O3. The predicted molar refractivity (Wildman–Crippen MR) is 146 cm³/mol. The average Bonchev–Trinajstić information content (AvgIpc) is 3.29. The molecule has 37 heavy (non-hydrogen) atoms. The Morgan fingerprint density at radius 1 is 1.08 bits per heavy atom. The predicted octanol–water partition coefficient (Wildman–Crippen LogP) is 5.78. The smallest absolute Gasteiger partial charge is 0.311 e. The molecule has 0 spiro atoms. The summed E-state index contributed by atoms with van der Waals surface area (Å²) in [6.45, 7) is 1.43. The lowest BCUT2D eigenvalue weighted by Crippen LogP contribution is -2.25. The molecule has 0 aliphatic carbocycles. The zero-order chi connectivity index (χ0) is 26.4. The molecule has 0 aliphatic heterocycles. The molecule has 0 fully saturated rings. The van der Waals surface area contributed by atoms with E-state index in [9.17, 15) is 14.9 Å². The van der Waals surface area contributed by atoms with Crippen molar-refractivity contribution in [2.24, 2.45) is 0 Å². The number of aromatic nitrogens is 2. The molecule has 0 aliphatic rings. The molecule has 0 saturated carbocycles. The van der Waals surface area contributed by atoms with Gasteiger partial charge >= 0.3 is 5.69 Å². The average molecular weight is 539 g/mol. The second kappa shape index (κ2) is 11.8. The molecule has 4 rings (SSSR count). The standard InChI is InChI=1S/C26H24Cl2N6O3/c27-19-7-8-20(21(28)14-19)18-13-23(26(35)31-15-17-5-2-1-3-6-17)33(16-18)12-4-11-30-24-10-9-22(34(36)37)25(29)32-24/h1-3,5-10,13-14,16H,4,11-12,15H2,(H,31,35)(H3,29,30,32). The Bertz CT molecular complexity index is 1430. The maximum absolute atomic E-state index is 13.1. The van der Waals surface area contributed by atoms with Crippen LogP contribution >= 0.6 is 23.2 Å². The zero-order valence-corrected chi connectivity index (χ0v) is 21.2. The molecule has 190 valence electrons. The molecule has 0 saturated heterocycles. The van der Waals surface area contributed by atoms with Crippen molar-refractivity contribution in [3.63, 3.8) is 0 Å². The molecule has 2 heterocycles. The first-order valence-electron chi connectivity index (χ1n) is 11.4. The number of aryl methyl sites for hydroxylation is 1. The molecule has 4 aromatic rings. The van der Waals surface area contributed by atoms with Gasteiger partial charge in [-0.1, -0.05) is 59.6 Å². The minimum atomic E-state index is -0.576. The number of hydrogen-bond donors (Lipinski definition) is 3. The van der Waals surface area contributed by atoms with Crippen molar-refractivity contribution < 1.29 is 9.72 Å². The minimum Gasteiger partial charge on any atom is -0.378 e. The van der Waals surface area contributed by atoms with Crippen LogP contribution in [0, 0.1) is 10.1 Å². The third-order valence-electron chi connectivity index (χ3n) is 5.65. The van der Waals surface area contributed by atoms with E-state index in [1.807, 2.05) is 47.2 Å². The van der Waals surface area contributed by atoms with E-state index in [2.05, 4.69) is 15.6 Å². The van der Waals surface area contributed by atoms with Crippen LogP contribution in [0.15, 0.2) is 72.9 Å². The number of nitro groups is 1. The number of amides is 1. The third kappa shape index (κ3) is 6.58. The number of rotatable bonds is 10. The lowest BCUT2D eigenvalue weighted by atomic mass is 10.1. The van der Waals surface area contributed by atoms with Crippen LogP contribution in [-0.4, -0.2) is 26.9 Å². The molecule has 0 atom stereocenters. The summed E-state index contributed by atoms with van der Waals surface area (Å²) in [4.78, 5) is 27.5. The highest BCUT2D eigenvalue weighted by molar-refractivity contribution is 6.36. The van der Waals surface area contributed by atoms with Gasteiger partial charge in [0.15, 0.2) is 0 Å². The van der Waals surface area contributed by atoms with Crippen molar-refractivity contribution in [3.05, 3.63) is 104 Å². The first-order chi connectivity index (χ1) is 17.8. The number of halogens is 2. The monoisotopic (exact) mass is 538 g/mol. The fraction of sp³-hybridized carbons (Fsp3) is 0.154. The quantitative estimate of drug-likeness (QED) is 0.133. The maximum Gasteiger partial charge on any atom is 0.311 e. The normalized spacial score (nSPS) is 10.8. The Morgan fingerprint density at radius 2 is 1.86 bits per heavy atom. The van der Waals surface area contributed by atoms with Gasteiger partial charge in [-0.2, -0.15) is 0 Å². The summed E-state index contributed by atoms with van der Waals surface area (Å²) in [6.07, 6.45) is 2.52. The molecule has 0 bridgehead atoms. The summed E-state index contributed by atoms with van der Waals surface area (Å²) in [5, 5.41) is 18.0. The first-order valence-corrected chi connectivity index (χ1v) is 12.2. The van der Waals surface area contributed by atoms with Crippen molar-refractivity contribution in [2.45, 2.75) is 19.5 Å². The second-order valence-electron chi connectivity index (χ2n) is 8.24. The molecule has 0 radical (unpaired) electrons. The molecular weight excluding hydrogens is 515 g/mol. The number of carbonyl (C=O) groups is 1. The van der Waals surface area contributed by atoms with Crippen LogP contribution in [0.5, 0.6) is 0 Å². The van der Waals surface area contributed by atoms with E-state index in [-0.39, 0.29) is 17.4 Å². The van der Waals surface area contributed by atoms with Gasteiger partial charge in [0.05, 0.1) is 4.92 Å². The summed E-state index contributed by atoms with van der Waals surface area (Å²) in [5.74, 6) is 0.0743. The van der Waals surface area contributed by atoms with E-state index in [1.165, 1.54) is 12.1 Å². The molecule has 11 heteroatoms. The number of benzene rings is 2. The van der Waals surface area contributed by atoms with Crippen molar-refractivity contribution >= 4 is 46.4 Å². The summed E-state index contributed by atoms with van der Waals surface area (Å²) in [7, 11) is 0. The zero-order valence-electron chi connectivity index (χ0n) is 19.7. The van der Waals surface area contributed by atoms with Crippen molar-refractivity contribution in [1.82, 2.24) is 14.9 Å². The second-order valence-corrected chi connectivity index (χ2v) is 9.08. The minimum absolute atomic E-state index is 0.151. The number of nitrogen functional groups attached to an aromatic ring is 1. The Balaban J connectivity index is 1.48. The van der Waals surface area contributed by atoms with E-state index in [0.717, 1.165) is 16.7 Å². The van der Waals surface area contributed by atoms with Crippen LogP contribution in [0.25, 0.3) is 11.1 Å². The summed E-state index contributed by atoms with van der Waals surface area (Å²) in [5.41, 5.74) is 8.48. The first kappa shape index (κ1) is 26.0. The van der Waals surface area contributed by atoms with Crippen LogP contribution in [0.1, 0.15) is 22.5 Å². The SMILES string of the molecule is Nc1nc(NCCCn2cc(-c3ccc(Cl)cc3Cl)cc2C(=O)NCc2ccccc2)ccc1[N+](=O)[O-]. The van der Waals surface area contributed by atoms with E-state index in [4.69, 9.17) is 28.9 Å². The van der Waals surface area contributed by atoms with Crippen LogP contribution in [0.4, 0.5) is 17.3 Å². The van der Waals surface area contributed by atoms with Gasteiger partial charge in [0.25, 0.3) is 5.91 Å². The van der Waals surface area contributed by atoms with Crippen molar-refractivity contribution in [3.8, 4) is 11.1 Å². The summed E-state index contributed by atoms with van der Waals surface area (Å²) < 4.78 is 1.87. The van der Waals surface area contributed by atoms with Crippen LogP contribution in [-0.2, 0) is 13.1 Å². The van der Waals surface area contributed by atoms with Crippen LogP contribution in [0.2, 0.25) is 10.0 Å². The topological polar surface area (TPSA) is 128 Å².